The van der Waals surface area contributed by atoms with E-state index in [1.54, 1.807) is 12.2 Å². The quantitative estimate of drug-likeness (QED) is 0.611. The van der Waals surface area contributed by atoms with Gasteiger partial charge in [-0.3, -0.25) is 10.1 Å². The van der Waals surface area contributed by atoms with Crippen LogP contribution in [0.1, 0.15) is 12.0 Å². The van der Waals surface area contributed by atoms with Gasteiger partial charge in [0.2, 0.25) is 0 Å². The van der Waals surface area contributed by atoms with E-state index in [-0.39, 0.29) is 5.69 Å². The maximum Gasteiger partial charge on any atom is 0.279 e. The molecule has 0 saturated carbocycles. The summed E-state index contributed by atoms with van der Waals surface area (Å²) in [5.41, 5.74) is 5.42. The Balaban J connectivity index is 3.01. The number of hydrogen-bond acceptors (Lipinski definition) is 3. The first kappa shape index (κ1) is 11.3. The van der Waals surface area contributed by atoms with Crippen molar-refractivity contribution >= 4 is 11.8 Å². The van der Waals surface area contributed by atoms with Crippen molar-refractivity contribution in [2.24, 2.45) is 5.73 Å². The van der Waals surface area contributed by atoms with E-state index < -0.39 is 10.7 Å². The molecule has 0 aliphatic carbocycles. The van der Waals surface area contributed by atoms with E-state index in [2.05, 4.69) is 0 Å². The van der Waals surface area contributed by atoms with E-state index in [9.17, 15) is 14.5 Å². The number of nitrogens with two attached hydrogens (primary N) is 1. The molecule has 0 aliphatic heterocycles. The highest BCUT2D eigenvalue weighted by atomic mass is 19.1. The summed E-state index contributed by atoms with van der Waals surface area (Å²) < 4.78 is 12.7. The fourth-order valence-corrected chi connectivity index (χ4v) is 1.12. The monoisotopic (exact) mass is 210 g/mol. The van der Waals surface area contributed by atoms with E-state index in [0.29, 0.717) is 18.5 Å². The predicted molar refractivity (Wildman–Crippen MR) is 55.8 cm³/mol. The lowest BCUT2D eigenvalue weighted by Crippen LogP contribution is -1.95. The standard InChI is InChI=1S/C10H11FN2O2/c11-9-5-4-8(3-1-2-6-12)10(7-9)13(14)15/h1,3-5,7H,2,6,12H2. The number of nitro groups is 1. The molecule has 0 aliphatic rings. The summed E-state index contributed by atoms with van der Waals surface area (Å²) in [4.78, 5) is 9.98. The lowest BCUT2D eigenvalue weighted by molar-refractivity contribution is -0.385. The molecule has 1 aromatic rings. The Morgan fingerprint density at radius 2 is 2.27 bits per heavy atom. The molecular formula is C10H11FN2O2. The molecule has 0 amide bonds. The van der Waals surface area contributed by atoms with Crippen molar-refractivity contribution in [2.75, 3.05) is 6.54 Å². The fraction of sp³-hybridized carbons (Fsp3) is 0.200. The van der Waals surface area contributed by atoms with Crippen molar-refractivity contribution in [1.82, 2.24) is 0 Å². The highest BCUT2D eigenvalue weighted by Gasteiger charge is 2.11. The molecule has 0 atom stereocenters. The second kappa shape index (κ2) is 5.21. The average Bonchev–Trinajstić information content (AvgIpc) is 2.20. The molecule has 2 N–H and O–H groups in total. The van der Waals surface area contributed by atoms with Gasteiger partial charge in [0.25, 0.3) is 5.69 Å². The summed E-state index contributed by atoms with van der Waals surface area (Å²) in [5.74, 6) is -0.613. The third-order valence-electron chi connectivity index (χ3n) is 1.82. The van der Waals surface area contributed by atoms with Gasteiger partial charge in [0.1, 0.15) is 5.82 Å². The van der Waals surface area contributed by atoms with Gasteiger partial charge in [-0.15, -0.1) is 0 Å². The van der Waals surface area contributed by atoms with Crippen LogP contribution in [0.3, 0.4) is 0 Å². The van der Waals surface area contributed by atoms with Gasteiger partial charge in [0.15, 0.2) is 0 Å². The molecule has 1 aromatic carbocycles. The smallest absolute Gasteiger partial charge is 0.279 e. The number of nitro benzene ring substituents is 1. The molecule has 4 nitrogen and oxygen atoms in total. The molecule has 5 heteroatoms. The highest BCUT2D eigenvalue weighted by molar-refractivity contribution is 5.60. The number of hydrogen-bond donors (Lipinski definition) is 1. The van der Waals surface area contributed by atoms with Crippen molar-refractivity contribution in [1.29, 1.82) is 0 Å². The second-order valence-electron chi connectivity index (χ2n) is 2.94. The highest BCUT2D eigenvalue weighted by Crippen LogP contribution is 2.21. The Bertz CT molecular complexity index is 391. The van der Waals surface area contributed by atoms with Crippen LogP contribution in [0, 0.1) is 15.9 Å². The van der Waals surface area contributed by atoms with Crippen LogP contribution in [0.4, 0.5) is 10.1 Å². The van der Waals surface area contributed by atoms with Crippen LogP contribution in [0.15, 0.2) is 24.3 Å². The number of benzene rings is 1. The van der Waals surface area contributed by atoms with Gasteiger partial charge in [-0.2, -0.15) is 0 Å². The minimum absolute atomic E-state index is 0.233. The number of nitrogens with zero attached hydrogens (tertiary/aromatic N) is 1. The van der Waals surface area contributed by atoms with Crippen molar-refractivity contribution in [2.45, 2.75) is 6.42 Å². The molecular weight excluding hydrogens is 199 g/mol. The maximum atomic E-state index is 12.7. The largest absolute Gasteiger partial charge is 0.330 e. The third-order valence-corrected chi connectivity index (χ3v) is 1.82. The first-order valence-corrected chi connectivity index (χ1v) is 4.45. The molecule has 15 heavy (non-hydrogen) atoms. The zero-order chi connectivity index (χ0) is 11.3. The van der Waals surface area contributed by atoms with Crippen LogP contribution in [0.25, 0.3) is 6.08 Å². The van der Waals surface area contributed by atoms with Gasteiger partial charge in [0.05, 0.1) is 16.6 Å². The van der Waals surface area contributed by atoms with E-state index in [1.165, 1.54) is 12.1 Å². The van der Waals surface area contributed by atoms with Crippen molar-refractivity contribution in [3.63, 3.8) is 0 Å². The lowest BCUT2D eigenvalue weighted by Gasteiger charge is -1.97. The molecule has 0 aromatic heterocycles. The summed E-state index contributed by atoms with van der Waals surface area (Å²) in [6, 6.07) is 3.47. The summed E-state index contributed by atoms with van der Waals surface area (Å²) in [7, 11) is 0. The zero-order valence-corrected chi connectivity index (χ0v) is 8.02. The van der Waals surface area contributed by atoms with Crippen molar-refractivity contribution < 1.29 is 9.31 Å². The van der Waals surface area contributed by atoms with Gasteiger partial charge in [-0.1, -0.05) is 12.2 Å². The zero-order valence-electron chi connectivity index (χ0n) is 8.02. The van der Waals surface area contributed by atoms with Crippen LogP contribution < -0.4 is 5.73 Å². The Labute approximate surface area is 86.4 Å². The van der Waals surface area contributed by atoms with Crippen LogP contribution in [0.2, 0.25) is 0 Å². The summed E-state index contributed by atoms with van der Waals surface area (Å²) in [6.07, 6.45) is 3.93. The Morgan fingerprint density at radius 3 is 2.87 bits per heavy atom. The third kappa shape index (κ3) is 3.14. The van der Waals surface area contributed by atoms with Crippen molar-refractivity contribution in [3.8, 4) is 0 Å². The van der Waals surface area contributed by atoms with Gasteiger partial charge < -0.3 is 5.73 Å². The number of rotatable bonds is 4. The number of halogens is 1. The van der Waals surface area contributed by atoms with E-state index >= 15 is 0 Å². The van der Waals surface area contributed by atoms with Crippen LogP contribution >= 0.6 is 0 Å². The molecule has 0 heterocycles. The Hall–Kier alpha value is -1.75. The average molecular weight is 210 g/mol. The molecule has 0 fully saturated rings. The normalized spacial score (nSPS) is 10.8. The maximum absolute atomic E-state index is 12.7. The topological polar surface area (TPSA) is 69.2 Å². The first-order chi connectivity index (χ1) is 7.15. The molecule has 1 rings (SSSR count). The second-order valence-corrected chi connectivity index (χ2v) is 2.94. The van der Waals surface area contributed by atoms with Gasteiger partial charge >= 0.3 is 0 Å². The molecule has 0 spiro atoms. The van der Waals surface area contributed by atoms with Gasteiger partial charge in [0, 0.05) is 0 Å². The molecule has 80 valence electrons. The molecule has 0 unspecified atom stereocenters. The van der Waals surface area contributed by atoms with E-state index in [0.717, 1.165) is 6.07 Å². The summed E-state index contributed by atoms with van der Waals surface area (Å²) >= 11 is 0. The van der Waals surface area contributed by atoms with E-state index in [4.69, 9.17) is 5.73 Å². The van der Waals surface area contributed by atoms with Crippen LogP contribution in [-0.4, -0.2) is 11.5 Å². The van der Waals surface area contributed by atoms with Crippen molar-refractivity contribution in [3.05, 3.63) is 45.8 Å². The fourth-order valence-electron chi connectivity index (χ4n) is 1.12. The minimum atomic E-state index is -0.613. The molecule has 0 radical (unpaired) electrons. The predicted octanol–water partition coefficient (Wildman–Crippen LogP) is 2.10. The van der Waals surface area contributed by atoms with E-state index in [1.807, 2.05) is 0 Å². The van der Waals surface area contributed by atoms with Gasteiger partial charge in [-0.05, 0) is 25.1 Å². The van der Waals surface area contributed by atoms with Crippen LogP contribution in [-0.2, 0) is 0 Å². The summed E-state index contributed by atoms with van der Waals surface area (Å²) in [6.45, 7) is 0.478. The summed E-state index contributed by atoms with van der Waals surface area (Å²) in [5, 5.41) is 10.6. The minimum Gasteiger partial charge on any atom is -0.330 e. The lowest BCUT2D eigenvalue weighted by atomic mass is 10.1. The Morgan fingerprint density at radius 1 is 1.53 bits per heavy atom. The first-order valence-electron chi connectivity index (χ1n) is 4.45. The molecule has 0 bridgehead atoms. The SMILES string of the molecule is NCCC=Cc1ccc(F)cc1[N+](=O)[O-]. The molecule has 0 saturated heterocycles. The van der Waals surface area contributed by atoms with Gasteiger partial charge in [-0.25, -0.2) is 4.39 Å². The van der Waals surface area contributed by atoms with Crippen LogP contribution in [0.5, 0.6) is 0 Å². The Kier molecular flexibility index (Phi) is 3.93.